The van der Waals surface area contributed by atoms with Crippen LogP contribution in [0.1, 0.15) is 19.4 Å². The molecule has 3 rings (SSSR count). The zero-order chi connectivity index (χ0) is 17.8. The highest BCUT2D eigenvalue weighted by molar-refractivity contribution is 5.80. The minimum atomic E-state index is -0.0612. The van der Waals surface area contributed by atoms with E-state index < -0.39 is 0 Å². The molecular weight excluding hydrogens is 322 g/mol. The van der Waals surface area contributed by atoms with E-state index in [0.717, 1.165) is 11.3 Å². The molecule has 1 N–H and O–H groups in total. The topological polar surface area (TPSA) is 71.1 Å². The summed E-state index contributed by atoms with van der Waals surface area (Å²) in [5.41, 5.74) is 0.911. The van der Waals surface area contributed by atoms with Gasteiger partial charge < -0.3 is 24.6 Å². The molecule has 0 unspecified atom stereocenters. The van der Waals surface area contributed by atoms with Gasteiger partial charge in [-0.25, -0.2) is 4.79 Å². The van der Waals surface area contributed by atoms with Crippen LogP contribution in [0.25, 0.3) is 0 Å². The molecule has 0 bridgehead atoms. The number of urea groups is 1. The molecule has 3 amide bonds. The highest BCUT2D eigenvalue weighted by Crippen LogP contribution is 2.31. The summed E-state index contributed by atoms with van der Waals surface area (Å²) in [6.45, 7) is 7.21. The number of ether oxygens (including phenoxy) is 2. The van der Waals surface area contributed by atoms with E-state index >= 15 is 0 Å². The van der Waals surface area contributed by atoms with E-state index in [-0.39, 0.29) is 18.0 Å². The monoisotopic (exact) mass is 347 g/mol. The first-order valence-corrected chi connectivity index (χ1v) is 8.74. The molecule has 1 fully saturated rings. The van der Waals surface area contributed by atoms with Gasteiger partial charge in [0, 0.05) is 32.2 Å². The van der Waals surface area contributed by atoms with E-state index in [2.05, 4.69) is 5.32 Å². The second-order valence-corrected chi connectivity index (χ2v) is 6.63. The molecule has 0 saturated carbocycles. The molecule has 7 heteroatoms. The van der Waals surface area contributed by atoms with E-state index in [0.29, 0.717) is 51.6 Å². The Labute approximate surface area is 147 Å². The van der Waals surface area contributed by atoms with Crippen LogP contribution in [0.2, 0.25) is 0 Å². The van der Waals surface area contributed by atoms with E-state index in [1.54, 1.807) is 4.90 Å². The van der Waals surface area contributed by atoms with Crippen LogP contribution in [0.5, 0.6) is 11.5 Å². The van der Waals surface area contributed by atoms with Gasteiger partial charge in [-0.2, -0.15) is 0 Å². The SMILES string of the molecule is CC(C)NC(=O)N1CCN(C(=O)Cc2ccc3c(c2)OCCO3)CC1. The van der Waals surface area contributed by atoms with E-state index in [4.69, 9.17) is 9.47 Å². The molecule has 1 aromatic carbocycles. The normalized spacial score (nSPS) is 16.8. The molecule has 0 atom stereocenters. The zero-order valence-corrected chi connectivity index (χ0v) is 14.8. The number of amides is 3. The largest absolute Gasteiger partial charge is 0.486 e. The molecule has 1 saturated heterocycles. The van der Waals surface area contributed by atoms with Gasteiger partial charge in [0.15, 0.2) is 11.5 Å². The smallest absolute Gasteiger partial charge is 0.317 e. The first kappa shape index (κ1) is 17.4. The van der Waals surface area contributed by atoms with Gasteiger partial charge in [-0.05, 0) is 31.5 Å². The zero-order valence-electron chi connectivity index (χ0n) is 14.8. The number of fused-ring (bicyclic) bond motifs is 1. The maximum absolute atomic E-state index is 12.5. The standard InChI is InChI=1S/C18H25N3O4/c1-13(2)19-18(23)21-7-5-20(6-8-21)17(22)12-14-3-4-15-16(11-14)25-10-9-24-15/h3-4,11,13H,5-10,12H2,1-2H3,(H,19,23). The molecule has 7 nitrogen and oxygen atoms in total. The van der Waals surface area contributed by atoms with Crippen LogP contribution in [0.3, 0.4) is 0 Å². The minimum absolute atomic E-state index is 0.0612. The van der Waals surface area contributed by atoms with Gasteiger partial charge in [0.2, 0.25) is 5.91 Å². The predicted molar refractivity (Wildman–Crippen MR) is 93.0 cm³/mol. The minimum Gasteiger partial charge on any atom is -0.486 e. The first-order chi connectivity index (χ1) is 12.0. The van der Waals surface area contributed by atoms with Crippen LogP contribution >= 0.6 is 0 Å². The Morgan fingerprint density at radius 1 is 1.04 bits per heavy atom. The lowest BCUT2D eigenvalue weighted by Crippen LogP contribution is -2.54. The third kappa shape index (κ3) is 4.35. The lowest BCUT2D eigenvalue weighted by atomic mass is 10.1. The summed E-state index contributed by atoms with van der Waals surface area (Å²) in [6.07, 6.45) is 0.328. The fraction of sp³-hybridized carbons (Fsp3) is 0.556. The van der Waals surface area contributed by atoms with Crippen molar-refractivity contribution in [3.63, 3.8) is 0 Å². The van der Waals surface area contributed by atoms with Crippen molar-refractivity contribution < 1.29 is 19.1 Å². The van der Waals surface area contributed by atoms with Gasteiger partial charge in [0.25, 0.3) is 0 Å². The summed E-state index contributed by atoms with van der Waals surface area (Å²) in [5, 5.41) is 2.88. The van der Waals surface area contributed by atoms with Gasteiger partial charge in [0.1, 0.15) is 13.2 Å². The summed E-state index contributed by atoms with van der Waals surface area (Å²) in [7, 11) is 0. The molecule has 0 aliphatic carbocycles. The Balaban J connectivity index is 1.52. The molecule has 136 valence electrons. The molecule has 2 aliphatic heterocycles. The number of hydrogen-bond donors (Lipinski definition) is 1. The van der Waals surface area contributed by atoms with E-state index in [1.807, 2.05) is 36.9 Å². The van der Waals surface area contributed by atoms with E-state index in [1.165, 1.54) is 0 Å². The van der Waals surface area contributed by atoms with Gasteiger partial charge in [-0.3, -0.25) is 4.79 Å². The summed E-state index contributed by atoms with van der Waals surface area (Å²) < 4.78 is 11.1. The Hall–Kier alpha value is -2.44. The number of carbonyl (C=O) groups is 2. The molecule has 0 aromatic heterocycles. The second-order valence-electron chi connectivity index (χ2n) is 6.63. The first-order valence-electron chi connectivity index (χ1n) is 8.74. The summed E-state index contributed by atoms with van der Waals surface area (Å²) >= 11 is 0. The number of rotatable bonds is 3. The maximum Gasteiger partial charge on any atom is 0.317 e. The Bertz CT molecular complexity index is 639. The van der Waals surface area contributed by atoms with Crippen molar-refractivity contribution in [1.29, 1.82) is 0 Å². The van der Waals surface area contributed by atoms with Gasteiger partial charge >= 0.3 is 6.03 Å². The van der Waals surface area contributed by atoms with Crippen molar-refractivity contribution in [1.82, 2.24) is 15.1 Å². The lowest BCUT2D eigenvalue weighted by molar-refractivity contribution is -0.131. The molecule has 25 heavy (non-hydrogen) atoms. The van der Waals surface area contributed by atoms with E-state index in [9.17, 15) is 9.59 Å². The second kappa shape index (κ2) is 7.63. The highest BCUT2D eigenvalue weighted by atomic mass is 16.6. The Kier molecular flexibility index (Phi) is 5.31. The number of hydrogen-bond acceptors (Lipinski definition) is 4. The van der Waals surface area contributed by atoms with Crippen LogP contribution in [0.4, 0.5) is 4.79 Å². The molecule has 2 heterocycles. The highest BCUT2D eigenvalue weighted by Gasteiger charge is 2.24. The molecule has 0 spiro atoms. The fourth-order valence-corrected chi connectivity index (χ4v) is 2.98. The third-order valence-electron chi connectivity index (χ3n) is 4.29. The van der Waals surface area contributed by atoms with Crippen LogP contribution in [-0.4, -0.2) is 67.2 Å². The molecule has 2 aliphatic rings. The Morgan fingerprint density at radius 2 is 1.68 bits per heavy atom. The van der Waals surface area contributed by atoms with Crippen LogP contribution in [0.15, 0.2) is 18.2 Å². The fourth-order valence-electron chi connectivity index (χ4n) is 2.98. The number of benzene rings is 1. The quantitative estimate of drug-likeness (QED) is 0.894. The van der Waals surface area contributed by atoms with Gasteiger partial charge in [-0.15, -0.1) is 0 Å². The number of nitrogens with zero attached hydrogens (tertiary/aromatic N) is 2. The van der Waals surface area contributed by atoms with Crippen molar-refractivity contribution in [3.05, 3.63) is 23.8 Å². The van der Waals surface area contributed by atoms with Gasteiger partial charge in [0.05, 0.1) is 6.42 Å². The van der Waals surface area contributed by atoms with Crippen LogP contribution < -0.4 is 14.8 Å². The van der Waals surface area contributed by atoms with Crippen LogP contribution in [-0.2, 0) is 11.2 Å². The van der Waals surface area contributed by atoms with Crippen molar-refractivity contribution in [2.45, 2.75) is 26.3 Å². The number of nitrogens with one attached hydrogen (secondary N) is 1. The molecule has 0 radical (unpaired) electrons. The predicted octanol–water partition coefficient (Wildman–Crippen LogP) is 1.26. The third-order valence-corrected chi connectivity index (χ3v) is 4.29. The lowest BCUT2D eigenvalue weighted by Gasteiger charge is -2.35. The Morgan fingerprint density at radius 3 is 2.36 bits per heavy atom. The van der Waals surface area contributed by atoms with Gasteiger partial charge in [-0.1, -0.05) is 6.07 Å². The van der Waals surface area contributed by atoms with Crippen molar-refractivity contribution in [3.8, 4) is 11.5 Å². The van der Waals surface area contributed by atoms with Crippen molar-refractivity contribution in [2.24, 2.45) is 0 Å². The van der Waals surface area contributed by atoms with Crippen molar-refractivity contribution >= 4 is 11.9 Å². The molecule has 1 aromatic rings. The number of piperazine rings is 1. The maximum atomic E-state index is 12.5. The average molecular weight is 347 g/mol. The summed E-state index contributed by atoms with van der Waals surface area (Å²) in [4.78, 5) is 28.1. The summed E-state index contributed by atoms with van der Waals surface area (Å²) in [5.74, 6) is 1.50. The number of carbonyl (C=O) groups excluding carboxylic acids is 2. The summed E-state index contributed by atoms with van der Waals surface area (Å²) in [6, 6.07) is 5.68. The van der Waals surface area contributed by atoms with Crippen molar-refractivity contribution in [2.75, 3.05) is 39.4 Å². The average Bonchev–Trinajstić information content (AvgIpc) is 2.61. The molecular formula is C18H25N3O4. The van der Waals surface area contributed by atoms with Crippen LogP contribution in [0, 0.1) is 0 Å².